The number of hydrogen-bond acceptors (Lipinski definition) is 2. The highest BCUT2D eigenvalue weighted by molar-refractivity contribution is 14.0. The maximum atomic E-state index is 5.63. The Hall–Kier alpha value is -0.980. The molecule has 5 heteroatoms. The van der Waals surface area contributed by atoms with Gasteiger partial charge >= 0.3 is 0 Å². The average Bonchev–Trinajstić information content (AvgIpc) is 3.27. The Morgan fingerprint density at radius 2 is 2.00 bits per heavy atom. The second kappa shape index (κ2) is 9.85. The largest absolute Gasteiger partial charge is 0.494 e. The molecular weight excluding hydrogens is 365 g/mol. The van der Waals surface area contributed by atoms with Gasteiger partial charge in [0.05, 0.1) is 6.61 Å². The third-order valence-corrected chi connectivity index (χ3v) is 3.10. The maximum absolute atomic E-state index is 5.63. The molecule has 1 aromatic carbocycles. The highest BCUT2D eigenvalue weighted by atomic mass is 127. The Morgan fingerprint density at radius 3 is 2.65 bits per heavy atom. The monoisotopic (exact) mass is 389 g/mol. The molecule has 0 aromatic heterocycles. The lowest BCUT2D eigenvalue weighted by molar-refractivity contribution is 0.311. The minimum atomic E-state index is 0. The SMILES string of the molecule is CN=C(NCCCOc1ccccc1)NCC1CC1.I. The Labute approximate surface area is 138 Å². The molecule has 0 bridgehead atoms. The van der Waals surface area contributed by atoms with Crippen LogP contribution in [0.3, 0.4) is 0 Å². The number of benzene rings is 1. The van der Waals surface area contributed by atoms with Gasteiger partial charge in [-0.25, -0.2) is 0 Å². The smallest absolute Gasteiger partial charge is 0.190 e. The molecule has 2 rings (SSSR count). The van der Waals surface area contributed by atoms with Gasteiger partial charge in [-0.2, -0.15) is 0 Å². The molecule has 4 nitrogen and oxygen atoms in total. The van der Waals surface area contributed by atoms with Crippen molar-refractivity contribution in [3.05, 3.63) is 30.3 Å². The van der Waals surface area contributed by atoms with Crippen LogP contribution in [0.1, 0.15) is 19.3 Å². The van der Waals surface area contributed by atoms with E-state index in [4.69, 9.17) is 4.74 Å². The van der Waals surface area contributed by atoms with Crippen molar-refractivity contribution in [2.24, 2.45) is 10.9 Å². The molecule has 0 spiro atoms. The average molecular weight is 389 g/mol. The van der Waals surface area contributed by atoms with Crippen molar-refractivity contribution < 1.29 is 4.74 Å². The molecular formula is C15H24IN3O. The minimum Gasteiger partial charge on any atom is -0.494 e. The van der Waals surface area contributed by atoms with Crippen molar-refractivity contribution >= 4 is 29.9 Å². The molecule has 0 aliphatic heterocycles. The van der Waals surface area contributed by atoms with Crippen LogP contribution in [0.15, 0.2) is 35.3 Å². The standard InChI is InChI=1S/C15H23N3O.HI/c1-16-15(18-12-13-8-9-13)17-10-5-11-19-14-6-3-2-4-7-14;/h2-4,6-7,13H,5,8-12H2,1H3,(H2,16,17,18);1H. The molecule has 0 amide bonds. The van der Waals surface area contributed by atoms with Gasteiger partial charge in [0.2, 0.25) is 0 Å². The van der Waals surface area contributed by atoms with Crippen molar-refractivity contribution in [3.63, 3.8) is 0 Å². The Kier molecular flexibility index (Phi) is 8.41. The highest BCUT2D eigenvalue weighted by Crippen LogP contribution is 2.27. The van der Waals surface area contributed by atoms with Crippen LogP contribution >= 0.6 is 24.0 Å². The second-order valence-corrected chi connectivity index (χ2v) is 4.84. The van der Waals surface area contributed by atoms with Gasteiger partial charge in [-0.15, -0.1) is 24.0 Å². The molecule has 1 aliphatic carbocycles. The second-order valence-electron chi connectivity index (χ2n) is 4.84. The first-order valence-electron chi connectivity index (χ1n) is 7.01. The molecule has 112 valence electrons. The van der Waals surface area contributed by atoms with Gasteiger partial charge < -0.3 is 15.4 Å². The number of para-hydroxylation sites is 1. The summed E-state index contributed by atoms with van der Waals surface area (Å²) in [5, 5.41) is 6.64. The zero-order valence-electron chi connectivity index (χ0n) is 12.0. The lowest BCUT2D eigenvalue weighted by Gasteiger charge is -2.11. The summed E-state index contributed by atoms with van der Waals surface area (Å²) in [7, 11) is 1.81. The predicted octanol–water partition coefficient (Wildman–Crippen LogP) is 2.65. The van der Waals surface area contributed by atoms with Crippen LogP contribution in [-0.4, -0.2) is 32.7 Å². The van der Waals surface area contributed by atoms with Gasteiger partial charge in [0.15, 0.2) is 5.96 Å². The third-order valence-electron chi connectivity index (χ3n) is 3.10. The van der Waals surface area contributed by atoms with Gasteiger partial charge in [-0.05, 0) is 37.3 Å². The van der Waals surface area contributed by atoms with Crippen LogP contribution in [0.4, 0.5) is 0 Å². The normalized spacial score (nSPS) is 14.3. The topological polar surface area (TPSA) is 45.7 Å². The van der Waals surface area contributed by atoms with E-state index >= 15 is 0 Å². The van der Waals surface area contributed by atoms with Gasteiger partial charge in [-0.1, -0.05) is 18.2 Å². The lowest BCUT2D eigenvalue weighted by atomic mass is 10.3. The fourth-order valence-electron chi connectivity index (χ4n) is 1.77. The van der Waals surface area contributed by atoms with E-state index in [2.05, 4.69) is 15.6 Å². The van der Waals surface area contributed by atoms with Crippen molar-refractivity contribution in [3.8, 4) is 5.75 Å². The maximum Gasteiger partial charge on any atom is 0.190 e. The number of nitrogens with one attached hydrogen (secondary N) is 2. The summed E-state index contributed by atoms with van der Waals surface area (Å²) in [5.74, 6) is 2.69. The van der Waals surface area contributed by atoms with E-state index in [0.717, 1.165) is 43.7 Å². The molecule has 1 aromatic rings. The molecule has 0 heterocycles. The molecule has 1 fully saturated rings. The highest BCUT2D eigenvalue weighted by Gasteiger charge is 2.20. The minimum absolute atomic E-state index is 0. The Morgan fingerprint density at radius 1 is 1.25 bits per heavy atom. The van der Waals surface area contributed by atoms with Gasteiger partial charge in [-0.3, -0.25) is 4.99 Å². The first-order chi connectivity index (χ1) is 9.38. The van der Waals surface area contributed by atoms with Crippen molar-refractivity contribution in [1.82, 2.24) is 10.6 Å². The molecule has 0 unspecified atom stereocenters. The first kappa shape index (κ1) is 17.1. The van der Waals surface area contributed by atoms with Gasteiger partial charge in [0.25, 0.3) is 0 Å². The van der Waals surface area contributed by atoms with E-state index in [9.17, 15) is 0 Å². The first-order valence-corrected chi connectivity index (χ1v) is 7.01. The lowest BCUT2D eigenvalue weighted by Crippen LogP contribution is -2.39. The number of ether oxygens (including phenoxy) is 1. The zero-order chi connectivity index (χ0) is 13.3. The Bertz CT molecular complexity index is 393. The van der Waals surface area contributed by atoms with Gasteiger partial charge in [0, 0.05) is 20.1 Å². The van der Waals surface area contributed by atoms with E-state index in [1.54, 1.807) is 0 Å². The van der Waals surface area contributed by atoms with E-state index in [1.165, 1.54) is 12.8 Å². The fourth-order valence-corrected chi connectivity index (χ4v) is 1.77. The summed E-state index contributed by atoms with van der Waals surface area (Å²) in [5.41, 5.74) is 0. The molecule has 0 atom stereocenters. The zero-order valence-corrected chi connectivity index (χ0v) is 14.3. The quantitative estimate of drug-likeness (QED) is 0.326. The Balaban J connectivity index is 0.00000200. The van der Waals surface area contributed by atoms with E-state index < -0.39 is 0 Å². The summed E-state index contributed by atoms with van der Waals surface area (Å²) in [6, 6.07) is 9.91. The predicted molar refractivity (Wildman–Crippen MR) is 94.1 cm³/mol. The van der Waals surface area contributed by atoms with E-state index in [0.29, 0.717) is 0 Å². The number of guanidine groups is 1. The van der Waals surface area contributed by atoms with E-state index in [-0.39, 0.29) is 24.0 Å². The van der Waals surface area contributed by atoms with Gasteiger partial charge in [0.1, 0.15) is 5.75 Å². The number of aliphatic imine (C=N–C) groups is 1. The number of halogens is 1. The van der Waals surface area contributed by atoms with Crippen LogP contribution in [0.5, 0.6) is 5.75 Å². The molecule has 2 N–H and O–H groups in total. The van der Waals surface area contributed by atoms with Crippen molar-refractivity contribution in [2.75, 3.05) is 26.7 Å². The van der Waals surface area contributed by atoms with Crippen LogP contribution in [0.2, 0.25) is 0 Å². The van der Waals surface area contributed by atoms with E-state index in [1.807, 2.05) is 37.4 Å². The summed E-state index contributed by atoms with van der Waals surface area (Å²) in [6.07, 6.45) is 3.67. The number of hydrogen-bond donors (Lipinski definition) is 2. The summed E-state index contributed by atoms with van der Waals surface area (Å²) in [6.45, 7) is 2.63. The summed E-state index contributed by atoms with van der Waals surface area (Å²) >= 11 is 0. The molecule has 1 aliphatic rings. The van der Waals surface area contributed by atoms with Crippen LogP contribution in [0, 0.1) is 5.92 Å². The van der Waals surface area contributed by atoms with Crippen molar-refractivity contribution in [2.45, 2.75) is 19.3 Å². The third kappa shape index (κ3) is 6.98. The van der Waals surface area contributed by atoms with Crippen LogP contribution in [-0.2, 0) is 0 Å². The number of nitrogens with zero attached hydrogens (tertiary/aromatic N) is 1. The molecule has 1 saturated carbocycles. The van der Waals surface area contributed by atoms with Crippen LogP contribution in [0.25, 0.3) is 0 Å². The fraction of sp³-hybridized carbons (Fsp3) is 0.533. The summed E-state index contributed by atoms with van der Waals surface area (Å²) in [4.78, 5) is 4.20. The van der Waals surface area contributed by atoms with Crippen molar-refractivity contribution in [1.29, 1.82) is 0 Å². The molecule has 0 saturated heterocycles. The number of rotatable bonds is 7. The molecule has 0 radical (unpaired) electrons. The molecule has 20 heavy (non-hydrogen) atoms. The summed E-state index contributed by atoms with van der Waals surface area (Å²) < 4.78 is 5.63. The van der Waals surface area contributed by atoms with Crippen LogP contribution < -0.4 is 15.4 Å².